The van der Waals surface area contributed by atoms with Gasteiger partial charge in [-0.2, -0.15) is 0 Å². The van der Waals surface area contributed by atoms with Crippen molar-refractivity contribution in [2.24, 2.45) is 11.1 Å². The number of nitrogens with two attached hydrogens (primary N) is 1. The van der Waals surface area contributed by atoms with Crippen molar-refractivity contribution in [1.29, 1.82) is 0 Å². The van der Waals surface area contributed by atoms with Crippen LogP contribution in [-0.4, -0.2) is 56.9 Å². The van der Waals surface area contributed by atoms with Crippen LogP contribution in [0.5, 0.6) is 0 Å². The normalized spacial score (nSPS) is 21.3. The summed E-state index contributed by atoms with van der Waals surface area (Å²) in [5, 5.41) is 0. The van der Waals surface area contributed by atoms with Gasteiger partial charge in [-0.3, -0.25) is 4.79 Å². The second-order valence-corrected chi connectivity index (χ2v) is 7.24. The number of likely N-dealkylation sites (tertiary alicyclic amines) is 1. The number of carbonyl (C=O) groups excluding carboxylic acids is 1. The minimum Gasteiger partial charge on any atom is -0.385 e. The standard InChI is InChI=1S/C18H34N2O3.ClH/c1-22-12-5-13-23-16-6-10-20(11-7-16)17(21)14-18(15-19)8-3-2-4-9-18;/h16H,2-15,19H2,1H3;1H. The molecule has 0 aromatic heterocycles. The summed E-state index contributed by atoms with van der Waals surface area (Å²) < 4.78 is 10.9. The number of hydrogen-bond donors (Lipinski definition) is 1. The highest BCUT2D eigenvalue weighted by atomic mass is 35.5. The summed E-state index contributed by atoms with van der Waals surface area (Å²) in [6.07, 6.45) is 9.77. The van der Waals surface area contributed by atoms with Crippen molar-refractivity contribution >= 4 is 18.3 Å². The highest BCUT2D eigenvalue weighted by Gasteiger charge is 2.35. The van der Waals surface area contributed by atoms with E-state index in [2.05, 4.69) is 0 Å². The summed E-state index contributed by atoms with van der Waals surface area (Å²) in [4.78, 5) is 14.7. The average molecular weight is 363 g/mol. The van der Waals surface area contributed by atoms with Crippen molar-refractivity contribution < 1.29 is 14.3 Å². The summed E-state index contributed by atoms with van der Waals surface area (Å²) in [7, 11) is 1.71. The summed E-state index contributed by atoms with van der Waals surface area (Å²) in [6, 6.07) is 0. The van der Waals surface area contributed by atoms with E-state index < -0.39 is 0 Å². The first-order valence-electron chi connectivity index (χ1n) is 9.27. The molecule has 1 heterocycles. The van der Waals surface area contributed by atoms with Gasteiger partial charge in [0.25, 0.3) is 0 Å². The summed E-state index contributed by atoms with van der Waals surface area (Å²) >= 11 is 0. The molecule has 24 heavy (non-hydrogen) atoms. The molecular weight excluding hydrogens is 328 g/mol. The van der Waals surface area contributed by atoms with Gasteiger partial charge in [-0.25, -0.2) is 0 Å². The van der Waals surface area contributed by atoms with E-state index >= 15 is 0 Å². The van der Waals surface area contributed by atoms with E-state index in [1.54, 1.807) is 7.11 Å². The number of piperidine rings is 1. The highest BCUT2D eigenvalue weighted by Crippen LogP contribution is 2.39. The van der Waals surface area contributed by atoms with Crippen molar-refractivity contribution in [3.63, 3.8) is 0 Å². The van der Waals surface area contributed by atoms with Gasteiger partial charge in [-0.1, -0.05) is 19.3 Å². The van der Waals surface area contributed by atoms with Gasteiger partial charge in [-0.15, -0.1) is 12.4 Å². The van der Waals surface area contributed by atoms with Crippen LogP contribution < -0.4 is 5.73 Å². The SMILES string of the molecule is COCCCOC1CCN(C(=O)CC2(CN)CCCCC2)CC1.Cl. The van der Waals surface area contributed by atoms with Gasteiger partial charge in [0.1, 0.15) is 0 Å². The first kappa shape index (κ1) is 21.7. The molecule has 1 saturated heterocycles. The Labute approximate surface area is 153 Å². The lowest BCUT2D eigenvalue weighted by Gasteiger charge is -2.39. The molecule has 0 aromatic carbocycles. The number of rotatable bonds is 8. The van der Waals surface area contributed by atoms with Crippen molar-refractivity contribution in [2.45, 2.75) is 63.9 Å². The van der Waals surface area contributed by atoms with Crippen LogP contribution in [0.4, 0.5) is 0 Å². The Kier molecular flexibility index (Phi) is 10.2. The number of nitrogens with zero attached hydrogens (tertiary/aromatic N) is 1. The van der Waals surface area contributed by atoms with Crippen LogP contribution in [0.2, 0.25) is 0 Å². The van der Waals surface area contributed by atoms with Gasteiger partial charge in [0.05, 0.1) is 6.10 Å². The molecule has 0 bridgehead atoms. The minimum absolute atomic E-state index is 0. The van der Waals surface area contributed by atoms with E-state index in [1.165, 1.54) is 19.3 Å². The van der Waals surface area contributed by atoms with Crippen LogP contribution in [0.25, 0.3) is 0 Å². The number of amides is 1. The molecule has 142 valence electrons. The molecule has 0 spiro atoms. The number of methoxy groups -OCH3 is 1. The van der Waals surface area contributed by atoms with Crippen LogP contribution in [0.3, 0.4) is 0 Å². The number of carbonyl (C=O) groups is 1. The smallest absolute Gasteiger partial charge is 0.223 e. The van der Waals surface area contributed by atoms with Gasteiger partial charge >= 0.3 is 0 Å². The zero-order valence-electron chi connectivity index (χ0n) is 15.1. The molecule has 1 saturated carbocycles. The van der Waals surface area contributed by atoms with Crippen LogP contribution in [-0.2, 0) is 14.3 Å². The molecule has 2 rings (SSSR count). The quantitative estimate of drug-likeness (QED) is 0.674. The molecule has 1 aliphatic carbocycles. The maximum absolute atomic E-state index is 12.6. The predicted molar refractivity (Wildman–Crippen MR) is 98.5 cm³/mol. The Bertz CT molecular complexity index is 354. The number of ether oxygens (including phenoxy) is 2. The van der Waals surface area contributed by atoms with Gasteiger partial charge in [0, 0.05) is 39.8 Å². The van der Waals surface area contributed by atoms with E-state index in [9.17, 15) is 4.79 Å². The summed E-state index contributed by atoms with van der Waals surface area (Å²) in [5.41, 5.74) is 6.09. The maximum Gasteiger partial charge on any atom is 0.223 e. The fourth-order valence-corrected chi connectivity index (χ4v) is 3.91. The molecular formula is C18H35ClN2O3. The third kappa shape index (κ3) is 6.51. The monoisotopic (exact) mass is 362 g/mol. The molecule has 1 aliphatic heterocycles. The maximum atomic E-state index is 12.6. The molecule has 0 aromatic rings. The van der Waals surface area contributed by atoms with Gasteiger partial charge in [0.2, 0.25) is 5.91 Å². The van der Waals surface area contributed by atoms with Gasteiger partial charge in [0.15, 0.2) is 0 Å². The molecule has 5 nitrogen and oxygen atoms in total. The van der Waals surface area contributed by atoms with Gasteiger partial charge < -0.3 is 20.1 Å². The molecule has 2 N–H and O–H groups in total. The topological polar surface area (TPSA) is 64.8 Å². The van der Waals surface area contributed by atoms with E-state index in [0.717, 1.165) is 58.4 Å². The van der Waals surface area contributed by atoms with Crippen molar-refractivity contribution in [3.05, 3.63) is 0 Å². The predicted octanol–water partition coefficient (Wildman–Crippen LogP) is 2.75. The lowest BCUT2D eigenvalue weighted by Crippen LogP contribution is -2.44. The molecule has 0 radical (unpaired) electrons. The second kappa shape index (κ2) is 11.3. The van der Waals surface area contributed by atoms with E-state index in [-0.39, 0.29) is 17.8 Å². The lowest BCUT2D eigenvalue weighted by molar-refractivity contribution is -0.136. The average Bonchev–Trinajstić information content (AvgIpc) is 2.60. The fraction of sp³-hybridized carbons (Fsp3) is 0.944. The largest absolute Gasteiger partial charge is 0.385 e. The third-order valence-corrected chi connectivity index (χ3v) is 5.51. The second-order valence-electron chi connectivity index (χ2n) is 7.24. The Morgan fingerprint density at radius 3 is 2.42 bits per heavy atom. The lowest BCUT2D eigenvalue weighted by atomic mass is 9.71. The molecule has 0 atom stereocenters. The Hall–Kier alpha value is -0.360. The summed E-state index contributed by atoms with van der Waals surface area (Å²) in [5.74, 6) is 0.301. The Morgan fingerprint density at radius 2 is 1.83 bits per heavy atom. The van der Waals surface area contributed by atoms with Crippen molar-refractivity contribution in [1.82, 2.24) is 4.90 Å². The molecule has 2 fully saturated rings. The zero-order valence-corrected chi connectivity index (χ0v) is 16.0. The van der Waals surface area contributed by atoms with Crippen molar-refractivity contribution in [3.8, 4) is 0 Å². The van der Waals surface area contributed by atoms with Crippen LogP contribution in [0, 0.1) is 5.41 Å². The van der Waals surface area contributed by atoms with Crippen molar-refractivity contribution in [2.75, 3.05) is 40.0 Å². The first-order valence-corrected chi connectivity index (χ1v) is 9.27. The Morgan fingerprint density at radius 1 is 1.17 bits per heavy atom. The molecule has 0 unspecified atom stereocenters. The molecule has 2 aliphatic rings. The number of hydrogen-bond acceptors (Lipinski definition) is 4. The van der Waals surface area contributed by atoms with Gasteiger partial charge in [-0.05, 0) is 44.1 Å². The minimum atomic E-state index is 0. The fourth-order valence-electron chi connectivity index (χ4n) is 3.91. The van der Waals surface area contributed by atoms with E-state index in [4.69, 9.17) is 15.2 Å². The van der Waals surface area contributed by atoms with Crippen LogP contribution >= 0.6 is 12.4 Å². The molecule has 1 amide bonds. The van der Waals surface area contributed by atoms with E-state index in [1.807, 2.05) is 4.90 Å². The highest BCUT2D eigenvalue weighted by molar-refractivity contribution is 5.85. The first-order chi connectivity index (χ1) is 11.2. The van der Waals surface area contributed by atoms with Crippen LogP contribution in [0.15, 0.2) is 0 Å². The van der Waals surface area contributed by atoms with Crippen LogP contribution in [0.1, 0.15) is 57.8 Å². The summed E-state index contributed by atoms with van der Waals surface area (Å²) in [6.45, 7) is 3.81. The zero-order chi connectivity index (χ0) is 16.5. The molecule has 6 heteroatoms. The Balaban J connectivity index is 0.00000288. The third-order valence-electron chi connectivity index (χ3n) is 5.51. The number of halogens is 1. The van der Waals surface area contributed by atoms with E-state index in [0.29, 0.717) is 25.0 Å².